The lowest BCUT2D eigenvalue weighted by Crippen LogP contribution is -2.49. The number of ether oxygens (including phenoxy) is 1. The standard InChI is InChI=1S/C19H26FN5O3/c1-22-17(13-18(26)23(2)19(22)27)25-9-7-24(8-10-25)6-3-11-28-16-5-4-14(20)12-15(16)21/h4-5,12-13H,3,6-11,21H2,1-2H3. The van der Waals surface area contributed by atoms with Crippen LogP contribution in [0.4, 0.5) is 15.9 Å². The molecule has 0 saturated carbocycles. The fourth-order valence-corrected chi connectivity index (χ4v) is 3.35. The Morgan fingerprint density at radius 2 is 1.79 bits per heavy atom. The summed E-state index contributed by atoms with van der Waals surface area (Å²) in [4.78, 5) is 28.4. The van der Waals surface area contributed by atoms with E-state index in [1.54, 1.807) is 7.05 Å². The molecule has 0 bridgehead atoms. The number of rotatable bonds is 6. The van der Waals surface area contributed by atoms with Gasteiger partial charge in [0.15, 0.2) is 0 Å². The molecule has 1 aliphatic heterocycles. The average Bonchev–Trinajstić information content (AvgIpc) is 2.68. The molecule has 9 heteroatoms. The number of aromatic nitrogens is 2. The van der Waals surface area contributed by atoms with Gasteiger partial charge in [-0.1, -0.05) is 0 Å². The van der Waals surface area contributed by atoms with Gasteiger partial charge in [0.2, 0.25) is 0 Å². The molecule has 0 spiro atoms. The summed E-state index contributed by atoms with van der Waals surface area (Å²) in [6.07, 6.45) is 0.821. The van der Waals surface area contributed by atoms with Crippen LogP contribution in [0.25, 0.3) is 0 Å². The van der Waals surface area contributed by atoms with Crippen molar-refractivity contribution in [2.24, 2.45) is 14.1 Å². The average molecular weight is 391 g/mol. The van der Waals surface area contributed by atoms with Crippen molar-refractivity contribution in [2.75, 3.05) is 50.0 Å². The molecular formula is C19H26FN5O3. The van der Waals surface area contributed by atoms with E-state index in [0.717, 1.165) is 43.7 Å². The van der Waals surface area contributed by atoms with Gasteiger partial charge in [-0.3, -0.25) is 18.8 Å². The zero-order valence-electron chi connectivity index (χ0n) is 16.2. The van der Waals surface area contributed by atoms with Crippen LogP contribution >= 0.6 is 0 Å². The van der Waals surface area contributed by atoms with Gasteiger partial charge in [-0.2, -0.15) is 0 Å². The van der Waals surface area contributed by atoms with E-state index in [4.69, 9.17) is 10.5 Å². The summed E-state index contributed by atoms with van der Waals surface area (Å²) in [5, 5.41) is 0. The van der Waals surface area contributed by atoms with Gasteiger partial charge in [-0.25, -0.2) is 9.18 Å². The minimum absolute atomic E-state index is 0.294. The van der Waals surface area contributed by atoms with Crippen LogP contribution in [0.3, 0.4) is 0 Å². The number of nitrogens with zero attached hydrogens (tertiary/aromatic N) is 4. The smallest absolute Gasteiger partial charge is 0.332 e. The number of halogens is 1. The number of nitrogens with two attached hydrogens (primary N) is 1. The predicted molar refractivity (Wildman–Crippen MR) is 107 cm³/mol. The summed E-state index contributed by atoms with van der Waals surface area (Å²) < 4.78 is 21.3. The van der Waals surface area contributed by atoms with Gasteiger partial charge in [0, 0.05) is 59.0 Å². The molecule has 3 rings (SSSR count). The van der Waals surface area contributed by atoms with Gasteiger partial charge in [0.1, 0.15) is 17.4 Å². The van der Waals surface area contributed by atoms with E-state index >= 15 is 0 Å². The SMILES string of the molecule is Cn1c(N2CCN(CCCOc3ccc(F)cc3N)CC2)cc(=O)n(C)c1=O. The third kappa shape index (κ3) is 4.36. The summed E-state index contributed by atoms with van der Waals surface area (Å²) in [6.45, 7) is 4.52. The molecule has 1 fully saturated rings. The number of hydrogen-bond donors (Lipinski definition) is 1. The molecular weight excluding hydrogens is 365 g/mol. The molecule has 1 aromatic carbocycles. The normalized spacial score (nSPS) is 15.0. The van der Waals surface area contributed by atoms with Crippen LogP contribution in [0.5, 0.6) is 5.75 Å². The van der Waals surface area contributed by atoms with E-state index in [1.165, 1.54) is 35.9 Å². The van der Waals surface area contributed by atoms with Crippen LogP contribution in [-0.2, 0) is 14.1 Å². The van der Waals surface area contributed by atoms with E-state index in [0.29, 0.717) is 23.9 Å². The highest BCUT2D eigenvalue weighted by Crippen LogP contribution is 2.22. The van der Waals surface area contributed by atoms with E-state index in [9.17, 15) is 14.0 Å². The molecule has 2 N–H and O–H groups in total. The van der Waals surface area contributed by atoms with Crippen molar-refractivity contribution in [3.05, 3.63) is 50.9 Å². The Morgan fingerprint density at radius 3 is 2.46 bits per heavy atom. The first-order chi connectivity index (χ1) is 13.4. The summed E-state index contributed by atoms with van der Waals surface area (Å²) in [5.74, 6) is 0.775. The first kappa shape index (κ1) is 19.9. The van der Waals surface area contributed by atoms with Crippen molar-refractivity contribution in [2.45, 2.75) is 6.42 Å². The topological polar surface area (TPSA) is 85.7 Å². The molecule has 2 aromatic rings. The molecule has 152 valence electrons. The molecule has 0 radical (unpaired) electrons. The monoisotopic (exact) mass is 391 g/mol. The molecule has 0 amide bonds. The number of piperazine rings is 1. The van der Waals surface area contributed by atoms with Crippen LogP contribution in [0, 0.1) is 5.82 Å². The molecule has 8 nitrogen and oxygen atoms in total. The van der Waals surface area contributed by atoms with Crippen LogP contribution in [0.15, 0.2) is 33.9 Å². The first-order valence-electron chi connectivity index (χ1n) is 9.29. The molecule has 2 heterocycles. The largest absolute Gasteiger partial charge is 0.491 e. The lowest BCUT2D eigenvalue weighted by atomic mass is 10.2. The highest BCUT2D eigenvalue weighted by atomic mass is 19.1. The lowest BCUT2D eigenvalue weighted by Gasteiger charge is -2.36. The number of nitrogen functional groups attached to an aromatic ring is 1. The Bertz CT molecular complexity index is 948. The number of hydrogen-bond acceptors (Lipinski definition) is 6. The van der Waals surface area contributed by atoms with Gasteiger partial charge in [-0.05, 0) is 18.6 Å². The fourth-order valence-electron chi connectivity index (χ4n) is 3.35. The second-order valence-electron chi connectivity index (χ2n) is 6.95. The van der Waals surface area contributed by atoms with Gasteiger partial charge >= 0.3 is 5.69 Å². The van der Waals surface area contributed by atoms with Crippen molar-refractivity contribution in [1.82, 2.24) is 14.0 Å². The van der Waals surface area contributed by atoms with Crippen molar-refractivity contribution in [3.63, 3.8) is 0 Å². The molecule has 0 unspecified atom stereocenters. The van der Waals surface area contributed by atoms with E-state index in [1.807, 2.05) is 0 Å². The Morgan fingerprint density at radius 1 is 1.07 bits per heavy atom. The van der Waals surface area contributed by atoms with Crippen molar-refractivity contribution < 1.29 is 9.13 Å². The van der Waals surface area contributed by atoms with Crippen LogP contribution in [-0.4, -0.2) is 53.4 Å². The predicted octanol–water partition coefficient (Wildman–Crippen LogP) is 0.396. The molecule has 0 aliphatic carbocycles. The minimum atomic E-state index is -0.378. The fraction of sp³-hybridized carbons (Fsp3) is 0.474. The summed E-state index contributed by atoms with van der Waals surface area (Å²) >= 11 is 0. The summed E-state index contributed by atoms with van der Waals surface area (Å²) in [5.41, 5.74) is 5.42. The molecule has 1 aromatic heterocycles. The maximum absolute atomic E-state index is 13.0. The molecule has 1 aliphatic rings. The van der Waals surface area contributed by atoms with Crippen molar-refractivity contribution in [3.8, 4) is 5.75 Å². The second kappa shape index (κ2) is 8.47. The number of anilines is 2. The summed E-state index contributed by atoms with van der Waals surface area (Å²) in [6, 6.07) is 5.63. The van der Waals surface area contributed by atoms with Crippen LogP contribution in [0.2, 0.25) is 0 Å². The van der Waals surface area contributed by atoms with Crippen molar-refractivity contribution >= 4 is 11.5 Å². The molecule has 0 atom stereocenters. The minimum Gasteiger partial charge on any atom is -0.491 e. The van der Waals surface area contributed by atoms with Gasteiger partial charge < -0.3 is 15.4 Å². The van der Waals surface area contributed by atoms with E-state index < -0.39 is 0 Å². The maximum atomic E-state index is 13.0. The van der Waals surface area contributed by atoms with Crippen LogP contribution in [0.1, 0.15) is 6.42 Å². The highest BCUT2D eigenvalue weighted by molar-refractivity contribution is 5.52. The maximum Gasteiger partial charge on any atom is 0.332 e. The Kier molecular flexibility index (Phi) is 6.03. The van der Waals surface area contributed by atoms with E-state index in [2.05, 4.69) is 9.80 Å². The van der Waals surface area contributed by atoms with E-state index in [-0.39, 0.29) is 17.1 Å². The van der Waals surface area contributed by atoms with Crippen molar-refractivity contribution in [1.29, 1.82) is 0 Å². The molecule has 1 saturated heterocycles. The zero-order valence-corrected chi connectivity index (χ0v) is 16.2. The quantitative estimate of drug-likeness (QED) is 0.567. The van der Waals surface area contributed by atoms with Gasteiger partial charge in [0.05, 0.1) is 12.3 Å². The second-order valence-corrected chi connectivity index (χ2v) is 6.95. The third-order valence-corrected chi connectivity index (χ3v) is 5.05. The third-order valence-electron chi connectivity index (χ3n) is 5.05. The summed E-state index contributed by atoms with van der Waals surface area (Å²) in [7, 11) is 3.16. The highest BCUT2D eigenvalue weighted by Gasteiger charge is 2.20. The molecule has 28 heavy (non-hydrogen) atoms. The number of benzene rings is 1. The zero-order chi connectivity index (χ0) is 20.3. The Hall–Kier alpha value is -2.81. The lowest BCUT2D eigenvalue weighted by molar-refractivity contribution is 0.224. The van der Waals surface area contributed by atoms with Gasteiger partial charge in [0.25, 0.3) is 5.56 Å². The first-order valence-corrected chi connectivity index (χ1v) is 9.29. The van der Waals surface area contributed by atoms with Gasteiger partial charge in [-0.15, -0.1) is 0 Å². The Labute approximate surface area is 162 Å². The Balaban J connectivity index is 1.47. The van der Waals surface area contributed by atoms with Crippen LogP contribution < -0.4 is 26.6 Å².